The topological polar surface area (TPSA) is 65.7 Å². The average molecular weight is 365 g/mol. The van der Waals surface area contributed by atoms with Gasteiger partial charge in [-0.05, 0) is 37.6 Å². The summed E-state index contributed by atoms with van der Waals surface area (Å²) in [6, 6.07) is 12.1. The number of guanidine groups is 1. The molecule has 6 heteroatoms. The number of nitrogens with one attached hydrogen (secondary N) is 2. The molecule has 0 atom stereocenters. The van der Waals surface area contributed by atoms with E-state index in [2.05, 4.69) is 46.6 Å². The number of hydrogen-bond acceptors (Lipinski definition) is 4. The van der Waals surface area contributed by atoms with Gasteiger partial charge in [-0.15, -0.1) is 0 Å². The van der Waals surface area contributed by atoms with Crippen LogP contribution in [0.15, 0.2) is 52.0 Å². The van der Waals surface area contributed by atoms with Gasteiger partial charge in [-0.1, -0.05) is 18.2 Å². The Balaban J connectivity index is 1.70. The number of fused-ring (bicyclic) bond motifs is 1. The lowest BCUT2D eigenvalue weighted by Crippen LogP contribution is -2.36. The zero-order valence-electron chi connectivity index (χ0n) is 16.4. The maximum atomic E-state index is 5.97. The average Bonchev–Trinajstić information content (AvgIpc) is 3.00. The van der Waals surface area contributed by atoms with Crippen LogP contribution in [0.2, 0.25) is 0 Å². The van der Waals surface area contributed by atoms with Crippen LogP contribution in [0.4, 0.5) is 5.82 Å². The van der Waals surface area contributed by atoms with Gasteiger partial charge in [-0.3, -0.25) is 0 Å². The highest BCUT2D eigenvalue weighted by molar-refractivity contribution is 5.83. The maximum Gasteiger partial charge on any atom is 0.191 e. The van der Waals surface area contributed by atoms with Crippen molar-refractivity contribution >= 4 is 22.7 Å². The van der Waals surface area contributed by atoms with Gasteiger partial charge < -0.3 is 20.0 Å². The zero-order chi connectivity index (χ0) is 19.2. The van der Waals surface area contributed by atoms with Gasteiger partial charge in [0.05, 0.1) is 13.1 Å². The molecule has 142 valence electrons. The summed E-state index contributed by atoms with van der Waals surface area (Å²) in [6.07, 6.45) is 1.82. The fourth-order valence-electron chi connectivity index (χ4n) is 2.87. The lowest BCUT2D eigenvalue weighted by atomic mass is 10.1. The molecule has 0 saturated heterocycles. The van der Waals surface area contributed by atoms with E-state index < -0.39 is 0 Å². The molecule has 0 fully saturated rings. The number of furan rings is 1. The molecule has 3 aromatic rings. The van der Waals surface area contributed by atoms with Crippen molar-refractivity contribution in [3.8, 4) is 0 Å². The number of benzene rings is 1. The summed E-state index contributed by atoms with van der Waals surface area (Å²) < 4.78 is 5.97. The van der Waals surface area contributed by atoms with E-state index in [-0.39, 0.29) is 0 Å². The van der Waals surface area contributed by atoms with Crippen molar-refractivity contribution in [3.05, 3.63) is 59.5 Å². The highest BCUT2D eigenvalue weighted by Crippen LogP contribution is 2.24. The van der Waals surface area contributed by atoms with Gasteiger partial charge in [-0.2, -0.15) is 0 Å². The third kappa shape index (κ3) is 4.58. The number of aliphatic imine (C=N–C) groups is 1. The Bertz CT molecular complexity index is 929. The molecule has 27 heavy (non-hydrogen) atoms. The van der Waals surface area contributed by atoms with Crippen molar-refractivity contribution in [1.29, 1.82) is 0 Å². The molecule has 3 rings (SSSR count). The van der Waals surface area contributed by atoms with Crippen molar-refractivity contribution < 1.29 is 4.42 Å². The molecule has 2 aromatic heterocycles. The van der Waals surface area contributed by atoms with Gasteiger partial charge >= 0.3 is 0 Å². The Labute approximate surface area is 160 Å². The number of rotatable bonds is 6. The van der Waals surface area contributed by atoms with Gasteiger partial charge in [0, 0.05) is 37.8 Å². The lowest BCUT2D eigenvalue weighted by Gasteiger charge is -2.13. The molecule has 6 nitrogen and oxygen atoms in total. The number of aromatic nitrogens is 1. The first kappa shape index (κ1) is 18.8. The smallest absolute Gasteiger partial charge is 0.191 e. The Kier molecular flexibility index (Phi) is 5.96. The molecule has 2 N–H and O–H groups in total. The quantitative estimate of drug-likeness (QED) is 0.517. The summed E-state index contributed by atoms with van der Waals surface area (Å²) in [7, 11) is 3.97. The van der Waals surface area contributed by atoms with Gasteiger partial charge in [0.15, 0.2) is 5.96 Å². The van der Waals surface area contributed by atoms with Crippen LogP contribution in [0.3, 0.4) is 0 Å². The molecule has 0 radical (unpaired) electrons. The highest BCUT2D eigenvalue weighted by Gasteiger charge is 2.10. The van der Waals surface area contributed by atoms with Crippen molar-refractivity contribution in [3.63, 3.8) is 0 Å². The Morgan fingerprint density at radius 2 is 2.00 bits per heavy atom. The monoisotopic (exact) mass is 365 g/mol. The summed E-state index contributed by atoms with van der Waals surface area (Å²) >= 11 is 0. The van der Waals surface area contributed by atoms with Crippen molar-refractivity contribution in [1.82, 2.24) is 15.6 Å². The van der Waals surface area contributed by atoms with Crippen LogP contribution in [0, 0.1) is 6.92 Å². The Morgan fingerprint density at radius 3 is 2.74 bits per heavy atom. The van der Waals surface area contributed by atoms with Crippen LogP contribution in [0.1, 0.15) is 23.8 Å². The lowest BCUT2D eigenvalue weighted by molar-refractivity contribution is 0.534. The van der Waals surface area contributed by atoms with Crippen LogP contribution in [0.5, 0.6) is 0 Å². The van der Waals surface area contributed by atoms with Crippen LogP contribution in [-0.2, 0) is 13.1 Å². The second kappa shape index (κ2) is 8.58. The second-order valence-corrected chi connectivity index (χ2v) is 6.61. The minimum atomic E-state index is 0.581. The van der Waals surface area contributed by atoms with Crippen molar-refractivity contribution in [2.24, 2.45) is 4.99 Å². The van der Waals surface area contributed by atoms with E-state index in [1.54, 1.807) is 0 Å². The van der Waals surface area contributed by atoms with E-state index in [1.165, 1.54) is 5.56 Å². The number of para-hydroxylation sites is 1. The van der Waals surface area contributed by atoms with Crippen LogP contribution < -0.4 is 15.5 Å². The summed E-state index contributed by atoms with van der Waals surface area (Å²) in [6.45, 7) is 6.11. The zero-order valence-corrected chi connectivity index (χ0v) is 16.4. The van der Waals surface area contributed by atoms with E-state index in [9.17, 15) is 0 Å². The highest BCUT2D eigenvalue weighted by atomic mass is 16.3. The van der Waals surface area contributed by atoms with Gasteiger partial charge in [0.1, 0.15) is 17.2 Å². The maximum absolute atomic E-state index is 5.97. The fourth-order valence-corrected chi connectivity index (χ4v) is 2.87. The number of pyridine rings is 1. The van der Waals surface area contributed by atoms with E-state index in [4.69, 9.17) is 4.42 Å². The summed E-state index contributed by atoms with van der Waals surface area (Å²) in [5.41, 5.74) is 3.20. The molecule has 0 saturated carbocycles. The molecule has 0 aliphatic heterocycles. The SMILES string of the molecule is CCNC(=NCc1ccnc(N(C)C)c1)NCc1oc2ccccc2c1C. The Hall–Kier alpha value is -3.02. The van der Waals surface area contributed by atoms with Gasteiger partial charge in [0.25, 0.3) is 0 Å². The largest absolute Gasteiger partial charge is 0.459 e. The van der Waals surface area contributed by atoms with E-state index in [0.717, 1.165) is 40.6 Å². The molecule has 0 aliphatic carbocycles. The first-order valence-corrected chi connectivity index (χ1v) is 9.20. The molecule has 0 unspecified atom stereocenters. The summed E-state index contributed by atoms with van der Waals surface area (Å²) in [5, 5.41) is 7.81. The van der Waals surface area contributed by atoms with Crippen LogP contribution >= 0.6 is 0 Å². The molecule has 0 aliphatic rings. The summed E-state index contributed by atoms with van der Waals surface area (Å²) in [4.78, 5) is 11.0. The fraction of sp³-hybridized carbons (Fsp3) is 0.333. The van der Waals surface area contributed by atoms with Crippen LogP contribution in [-0.4, -0.2) is 31.6 Å². The molecule has 1 aromatic carbocycles. The minimum Gasteiger partial charge on any atom is -0.459 e. The first-order chi connectivity index (χ1) is 13.1. The number of nitrogens with zero attached hydrogens (tertiary/aromatic N) is 3. The van der Waals surface area contributed by atoms with Gasteiger partial charge in [0.2, 0.25) is 0 Å². The van der Waals surface area contributed by atoms with Crippen molar-refractivity contribution in [2.75, 3.05) is 25.5 Å². The number of hydrogen-bond donors (Lipinski definition) is 2. The third-order valence-corrected chi connectivity index (χ3v) is 4.39. The molecular formula is C21H27N5O. The number of aryl methyl sites for hydroxylation is 1. The molecule has 0 spiro atoms. The van der Waals surface area contributed by atoms with E-state index in [1.807, 2.05) is 49.5 Å². The second-order valence-electron chi connectivity index (χ2n) is 6.61. The molecule has 0 amide bonds. The standard InChI is InChI=1S/C21H27N5O/c1-5-22-21(24-13-16-10-11-23-20(12-16)26(3)4)25-14-19-15(2)17-8-6-7-9-18(17)27-19/h6-12H,5,13-14H2,1-4H3,(H2,22,24,25). The normalized spacial score (nSPS) is 11.6. The summed E-state index contributed by atoms with van der Waals surface area (Å²) in [5.74, 6) is 2.62. The third-order valence-electron chi connectivity index (χ3n) is 4.39. The molecular weight excluding hydrogens is 338 g/mol. The molecule has 0 bridgehead atoms. The van der Waals surface area contributed by atoms with Crippen molar-refractivity contribution in [2.45, 2.75) is 26.9 Å². The van der Waals surface area contributed by atoms with E-state index in [0.29, 0.717) is 13.1 Å². The molecule has 2 heterocycles. The predicted molar refractivity (Wildman–Crippen MR) is 111 cm³/mol. The predicted octanol–water partition coefficient (Wildman–Crippen LogP) is 3.46. The Morgan fingerprint density at radius 1 is 1.19 bits per heavy atom. The van der Waals surface area contributed by atoms with Gasteiger partial charge in [-0.25, -0.2) is 9.98 Å². The first-order valence-electron chi connectivity index (χ1n) is 9.20. The number of anilines is 1. The minimum absolute atomic E-state index is 0.581. The van der Waals surface area contributed by atoms with E-state index >= 15 is 0 Å². The van der Waals surface area contributed by atoms with Crippen LogP contribution in [0.25, 0.3) is 11.0 Å².